The van der Waals surface area contributed by atoms with Crippen LogP contribution in [0.1, 0.15) is 17.4 Å². The molecule has 7 heteroatoms. The van der Waals surface area contributed by atoms with Crippen LogP contribution in [0.15, 0.2) is 42.9 Å². The van der Waals surface area contributed by atoms with Gasteiger partial charge in [-0.25, -0.2) is 9.97 Å². The van der Waals surface area contributed by atoms with Gasteiger partial charge in [-0.1, -0.05) is 12.1 Å². The second-order valence-electron chi connectivity index (χ2n) is 3.66. The third-order valence-corrected chi connectivity index (χ3v) is 2.29. The van der Waals surface area contributed by atoms with Crippen molar-refractivity contribution in [3.05, 3.63) is 54.1 Å². The number of alkyl halides is 3. The molecule has 1 unspecified atom stereocenters. The van der Waals surface area contributed by atoms with E-state index in [-0.39, 0.29) is 5.56 Å². The van der Waals surface area contributed by atoms with Gasteiger partial charge in [0.25, 0.3) is 0 Å². The molecular weight excluding hydrogens is 261 g/mol. The summed E-state index contributed by atoms with van der Waals surface area (Å²) >= 11 is 0. The fourth-order valence-corrected chi connectivity index (χ4v) is 1.52. The number of halogens is 3. The fourth-order valence-electron chi connectivity index (χ4n) is 1.52. The van der Waals surface area contributed by atoms with Gasteiger partial charge in [0.05, 0.1) is 5.69 Å². The Hall–Kier alpha value is -2.15. The van der Waals surface area contributed by atoms with Crippen LogP contribution in [-0.2, 0) is 0 Å². The number of aliphatic hydroxyl groups is 1. The largest absolute Gasteiger partial charge is 0.573 e. The van der Waals surface area contributed by atoms with Crippen molar-refractivity contribution < 1.29 is 23.0 Å². The van der Waals surface area contributed by atoms with Crippen molar-refractivity contribution in [3.63, 3.8) is 0 Å². The van der Waals surface area contributed by atoms with E-state index in [0.717, 1.165) is 12.1 Å². The molecule has 100 valence electrons. The van der Waals surface area contributed by atoms with Crippen molar-refractivity contribution in [2.45, 2.75) is 12.5 Å². The molecule has 4 nitrogen and oxygen atoms in total. The van der Waals surface area contributed by atoms with Crippen molar-refractivity contribution in [2.24, 2.45) is 0 Å². The number of hydrogen-bond donors (Lipinski definition) is 1. The predicted octanol–water partition coefficient (Wildman–Crippen LogP) is 2.46. The lowest BCUT2D eigenvalue weighted by atomic mass is 10.1. The van der Waals surface area contributed by atoms with Gasteiger partial charge in [0.15, 0.2) is 0 Å². The van der Waals surface area contributed by atoms with Gasteiger partial charge in [-0.3, -0.25) is 0 Å². The van der Waals surface area contributed by atoms with Crippen LogP contribution in [0.5, 0.6) is 5.75 Å². The van der Waals surface area contributed by atoms with Crippen LogP contribution in [0, 0.1) is 0 Å². The van der Waals surface area contributed by atoms with Gasteiger partial charge in [0, 0.05) is 6.20 Å². The number of aromatic nitrogens is 2. The molecule has 0 saturated heterocycles. The Morgan fingerprint density at radius 2 is 2.00 bits per heavy atom. The molecule has 1 aromatic heterocycles. The first-order chi connectivity index (χ1) is 8.96. The summed E-state index contributed by atoms with van der Waals surface area (Å²) in [4.78, 5) is 7.53. The number of hydrogen-bond acceptors (Lipinski definition) is 4. The molecule has 2 aromatic rings. The van der Waals surface area contributed by atoms with E-state index in [1.54, 1.807) is 0 Å². The Bertz CT molecular complexity index is 546. The molecule has 0 aliphatic rings. The summed E-state index contributed by atoms with van der Waals surface area (Å²) in [5.74, 6) is -0.391. The normalized spacial score (nSPS) is 13.1. The zero-order valence-corrected chi connectivity index (χ0v) is 9.50. The van der Waals surface area contributed by atoms with Gasteiger partial charge in [0.1, 0.15) is 18.2 Å². The number of benzene rings is 1. The third-order valence-electron chi connectivity index (χ3n) is 2.29. The highest BCUT2D eigenvalue weighted by Crippen LogP contribution is 2.27. The van der Waals surface area contributed by atoms with Crippen molar-refractivity contribution >= 4 is 0 Å². The SMILES string of the molecule is OC(c1cccc(OC(F)(F)F)c1)c1ccncn1. The van der Waals surface area contributed by atoms with Gasteiger partial charge >= 0.3 is 6.36 Å². The number of aliphatic hydroxyl groups excluding tert-OH is 1. The maximum absolute atomic E-state index is 12.1. The van der Waals surface area contributed by atoms with E-state index in [9.17, 15) is 18.3 Å². The van der Waals surface area contributed by atoms with E-state index >= 15 is 0 Å². The Morgan fingerprint density at radius 3 is 2.63 bits per heavy atom. The standard InChI is InChI=1S/C12H9F3N2O2/c13-12(14,15)19-9-3-1-2-8(6-9)11(18)10-4-5-16-7-17-10/h1-7,11,18H. The molecule has 0 saturated carbocycles. The average Bonchev–Trinajstić information content (AvgIpc) is 2.37. The van der Waals surface area contributed by atoms with Crippen molar-refractivity contribution in [1.82, 2.24) is 9.97 Å². The molecule has 19 heavy (non-hydrogen) atoms. The van der Waals surface area contributed by atoms with Gasteiger partial charge in [-0.2, -0.15) is 0 Å². The lowest BCUT2D eigenvalue weighted by Gasteiger charge is -2.13. The van der Waals surface area contributed by atoms with E-state index in [0.29, 0.717) is 5.69 Å². The highest BCUT2D eigenvalue weighted by molar-refractivity contribution is 5.33. The first-order valence-electron chi connectivity index (χ1n) is 5.25. The smallest absolute Gasteiger partial charge is 0.406 e. The van der Waals surface area contributed by atoms with Crippen LogP contribution in [0.25, 0.3) is 0 Å². The van der Waals surface area contributed by atoms with E-state index in [1.807, 2.05) is 0 Å². The van der Waals surface area contributed by atoms with Crippen LogP contribution in [-0.4, -0.2) is 21.4 Å². The van der Waals surface area contributed by atoms with Crippen LogP contribution in [0.3, 0.4) is 0 Å². The lowest BCUT2D eigenvalue weighted by Crippen LogP contribution is -2.17. The Morgan fingerprint density at radius 1 is 1.21 bits per heavy atom. The van der Waals surface area contributed by atoms with Gasteiger partial charge in [0.2, 0.25) is 0 Å². The summed E-state index contributed by atoms with van der Waals surface area (Å²) in [6, 6.07) is 6.59. The van der Waals surface area contributed by atoms with Gasteiger partial charge in [-0.05, 0) is 23.8 Å². The molecule has 0 spiro atoms. The van der Waals surface area contributed by atoms with Crippen LogP contribution in [0.4, 0.5) is 13.2 Å². The minimum Gasteiger partial charge on any atom is -0.406 e. The number of rotatable bonds is 3. The zero-order chi connectivity index (χ0) is 13.9. The topological polar surface area (TPSA) is 55.2 Å². The molecule has 0 radical (unpaired) electrons. The minimum atomic E-state index is -4.77. The van der Waals surface area contributed by atoms with Crippen LogP contribution in [0.2, 0.25) is 0 Å². The molecule has 0 aliphatic heterocycles. The minimum absolute atomic E-state index is 0.250. The molecular formula is C12H9F3N2O2. The van der Waals surface area contributed by atoms with Crippen molar-refractivity contribution in [2.75, 3.05) is 0 Å². The van der Waals surface area contributed by atoms with Crippen molar-refractivity contribution in [1.29, 1.82) is 0 Å². The molecule has 0 amide bonds. The maximum Gasteiger partial charge on any atom is 0.573 e. The highest BCUT2D eigenvalue weighted by Gasteiger charge is 2.31. The predicted molar refractivity (Wildman–Crippen MR) is 59.2 cm³/mol. The first-order valence-corrected chi connectivity index (χ1v) is 5.25. The quantitative estimate of drug-likeness (QED) is 0.930. The summed E-state index contributed by atoms with van der Waals surface area (Å²) in [6.07, 6.45) is -3.23. The lowest BCUT2D eigenvalue weighted by molar-refractivity contribution is -0.274. The third kappa shape index (κ3) is 3.65. The summed E-state index contributed by atoms with van der Waals surface area (Å²) in [5.41, 5.74) is 0.541. The molecule has 1 atom stereocenters. The second kappa shape index (κ2) is 5.23. The molecule has 0 fully saturated rings. The van der Waals surface area contributed by atoms with Gasteiger partial charge < -0.3 is 9.84 Å². The highest BCUT2D eigenvalue weighted by atomic mass is 19.4. The summed E-state index contributed by atoms with van der Waals surface area (Å²) in [7, 11) is 0. The summed E-state index contributed by atoms with van der Waals surface area (Å²) in [6.45, 7) is 0. The number of ether oxygens (including phenoxy) is 1. The Kier molecular flexibility index (Phi) is 3.66. The average molecular weight is 270 g/mol. The first kappa shape index (κ1) is 13.3. The molecule has 0 aliphatic carbocycles. The number of nitrogens with zero attached hydrogens (tertiary/aromatic N) is 2. The van der Waals surface area contributed by atoms with E-state index < -0.39 is 18.2 Å². The second-order valence-corrected chi connectivity index (χ2v) is 3.66. The van der Waals surface area contributed by atoms with E-state index in [2.05, 4.69) is 14.7 Å². The molecule has 1 N–H and O–H groups in total. The van der Waals surface area contributed by atoms with E-state index in [4.69, 9.17) is 0 Å². The molecule has 2 rings (SSSR count). The van der Waals surface area contributed by atoms with Crippen LogP contribution >= 0.6 is 0 Å². The molecule has 0 bridgehead atoms. The summed E-state index contributed by atoms with van der Waals surface area (Å²) in [5, 5.41) is 9.99. The Balaban J connectivity index is 2.24. The molecule has 1 heterocycles. The van der Waals surface area contributed by atoms with E-state index in [1.165, 1.54) is 30.7 Å². The zero-order valence-electron chi connectivity index (χ0n) is 9.50. The van der Waals surface area contributed by atoms with Crippen molar-refractivity contribution in [3.8, 4) is 5.75 Å². The molecule has 1 aromatic carbocycles. The van der Waals surface area contributed by atoms with Crippen LogP contribution < -0.4 is 4.74 Å². The Labute approximate surface area is 106 Å². The summed E-state index contributed by atoms with van der Waals surface area (Å²) < 4.78 is 40.1. The monoisotopic (exact) mass is 270 g/mol. The van der Waals surface area contributed by atoms with Gasteiger partial charge in [-0.15, -0.1) is 13.2 Å². The fraction of sp³-hybridized carbons (Fsp3) is 0.167. The maximum atomic E-state index is 12.1.